The van der Waals surface area contributed by atoms with E-state index in [9.17, 15) is 8.42 Å². The molecule has 96 valence electrons. The molecule has 3 nitrogen and oxygen atoms in total. The molecule has 0 aromatic carbocycles. The van der Waals surface area contributed by atoms with Crippen LogP contribution in [0.4, 0.5) is 0 Å². The summed E-state index contributed by atoms with van der Waals surface area (Å²) in [6.07, 6.45) is 2.18. The summed E-state index contributed by atoms with van der Waals surface area (Å²) in [4.78, 5) is 0. The Morgan fingerprint density at radius 1 is 1.53 bits per heavy atom. The SMILES string of the molecule is Cc1cc(S(=O)(=O)NCC2(CBr)CC2)sc1Br. The molecule has 1 saturated carbocycles. The smallest absolute Gasteiger partial charge is 0.210 e. The number of hydrogen-bond acceptors (Lipinski definition) is 3. The third kappa shape index (κ3) is 3.12. The van der Waals surface area contributed by atoms with Crippen molar-refractivity contribution in [2.45, 2.75) is 24.0 Å². The lowest BCUT2D eigenvalue weighted by Gasteiger charge is -2.11. The number of hydrogen-bond donors (Lipinski definition) is 1. The van der Waals surface area contributed by atoms with Crippen LogP contribution in [0.3, 0.4) is 0 Å². The van der Waals surface area contributed by atoms with Crippen molar-refractivity contribution in [2.24, 2.45) is 5.41 Å². The first-order chi connectivity index (χ1) is 7.88. The van der Waals surface area contributed by atoms with Crippen LogP contribution in [0.1, 0.15) is 18.4 Å². The summed E-state index contributed by atoms with van der Waals surface area (Å²) in [6, 6.07) is 1.70. The maximum Gasteiger partial charge on any atom is 0.250 e. The number of halogens is 2. The second kappa shape index (κ2) is 4.92. The van der Waals surface area contributed by atoms with Gasteiger partial charge >= 0.3 is 0 Å². The molecular formula is C10H13Br2NO2S2. The number of aryl methyl sites for hydroxylation is 1. The number of thiophene rings is 1. The zero-order valence-electron chi connectivity index (χ0n) is 9.29. The first kappa shape index (κ1) is 14.0. The third-order valence-corrected chi connectivity index (χ3v) is 8.18. The van der Waals surface area contributed by atoms with Gasteiger partial charge in [-0.15, -0.1) is 11.3 Å². The zero-order chi connectivity index (χ0) is 12.7. The molecule has 0 spiro atoms. The molecule has 1 fully saturated rings. The second-order valence-corrected chi connectivity index (χ2v) is 9.40. The first-order valence-corrected chi connectivity index (χ1v) is 9.42. The van der Waals surface area contributed by atoms with Crippen molar-refractivity contribution in [3.05, 3.63) is 15.4 Å². The molecule has 1 aromatic rings. The number of alkyl halides is 1. The van der Waals surface area contributed by atoms with Crippen LogP contribution in [0.25, 0.3) is 0 Å². The largest absolute Gasteiger partial charge is 0.250 e. The fourth-order valence-electron chi connectivity index (χ4n) is 1.42. The number of rotatable bonds is 5. The Morgan fingerprint density at radius 2 is 2.18 bits per heavy atom. The summed E-state index contributed by atoms with van der Waals surface area (Å²) >= 11 is 8.03. The van der Waals surface area contributed by atoms with E-state index in [4.69, 9.17) is 0 Å². The highest BCUT2D eigenvalue weighted by molar-refractivity contribution is 9.11. The van der Waals surface area contributed by atoms with Crippen LogP contribution in [0.5, 0.6) is 0 Å². The van der Waals surface area contributed by atoms with Crippen LogP contribution in [0.2, 0.25) is 0 Å². The lowest BCUT2D eigenvalue weighted by molar-refractivity contribution is 0.539. The minimum absolute atomic E-state index is 0.149. The van der Waals surface area contributed by atoms with Gasteiger partial charge in [0.1, 0.15) is 4.21 Å². The minimum Gasteiger partial charge on any atom is -0.210 e. The Kier molecular flexibility index (Phi) is 4.05. The molecule has 1 N–H and O–H groups in total. The van der Waals surface area contributed by atoms with Crippen LogP contribution in [0.15, 0.2) is 14.1 Å². The maximum atomic E-state index is 12.1. The average molecular weight is 403 g/mol. The van der Waals surface area contributed by atoms with E-state index >= 15 is 0 Å². The highest BCUT2D eigenvalue weighted by atomic mass is 79.9. The van der Waals surface area contributed by atoms with E-state index in [1.54, 1.807) is 6.07 Å². The lowest BCUT2D eigenvalue weighted by Crippen LogP contribution is -2.30. The van der Waals surface area contributed by atoms with E-state index in [-0.39, 0.29) is 5.41 Å². The number of sulfonamides is 1. The number of nitrogens with one attached hydrogen (secondary N) is 1. The summed E-state index contributed by atoms with van der Waals surface area (Å²) in [6.45, 7) is 2.41. The Labute approximate surface area is 122 Å². The normalized spacial score (nSPS) is 18.3. The molecule has 1 aliphatic rings. The van der Waals surface area contributed by atoms with Crippen LogP contribution in [0, 0.1) is 12.3 Å². The summed E-state index contributed by atoms with van der Waals surface area (Å²) in [5, 5.41) is 0.857. The van der Waals surface area contributed by atoms with Gasteiger partial charge in [0.15, 0.2) is 0 Å². The monoisotopic (exact) mass is 401 g/mol. The second-order valence-electron chi connectivity index (χ2n) is 4.48. The van der Waals surface area contributed by atoms with Gasteiger partial charge in [-0.05, 0) is 52.7 Å². The summed E-state index contributed by atoms with van der Waals surface area (Å²) in [7, 11) is -3.35. The fraction of sp³-hybridized carbons (Fsp3) is 0.600. The maximum absolute atomic E-state index is 12.1. The molecule has 7 heteroatoms. The molecule has 0 saturated heterocycles. The van der Waals surface area contributed by atoms with Gasteiger partial charge in [-0.3, -0.25) is 0 Å². The Morgan fingerprint density at radius 3 is 2.59 bits per heavy atom. The quantitative estimate of drug-likeness (QED) is 0.768. The molecule has 17 heavy (non-hydrogen) atoms. The lowest BCUT2D eigenvalue weighted by atomic mass is 10.1. The van der Waals surface area contributed by atoms with Crippen molar-refractivity contribution in [1.82, 2.24) is 4.72 Å². The van der Waals surface area contributed by atoms with Gasteiger partial charge in [-0.2, -0.15) is 0 Å². The standard InChI is InChI=1S/C10H13Br2NO2S2/c1-7-4-8(16-9(7)12)17(14,15)13-6-10(5-11)2-3-10/h4,13H,2-3,5-6H2,1H3. The highest BCUT2D eigenvalue weighted by Crippen LogP contribution is 2.46. The molecule has 0 bridgehead atoms. The van der Waals surface area contributed by atoms with Gasteiger partial charge in [0, 0.05) is 11.9 Å². The van der Waals surface area contributed by atoms with E-state index < -0.39 is 10.0 Å². The van der Waals surface area contributed by atoms with Crippen LogP contribution >= 0.6 is 43.2 Å². The molecule has 0 amide bonds. The van der Waals surface area contributed by atoms with Crippen molar-refractivity contribution in [3.63, 3.8) is 0 Å². The van der Waals surface area contributed by atoms with Gasteiger partial charge < -0.3 is 0 Å². The molecule has 0 atom stereocenters. The summed E-state index contributed by atoms with van der Waals surface area (Å²) < 4.78 is 28.1. The molecule has 0 radical (unpaired) electrons. The van der Waals surface area contributed by atoms with E-state index in [0.29, 0.717) is 10.8 Å². The Hall–Kier alpha value is 0.570. The topological polar surface area (TPSA) is 46.2 Å². The van der Waals surface area contributed by atoms with Crippen LogP contribution in [-0.4, -0.2) is 20.3 Å². The van der Waals surface area contributed by atoms with E-state index in [1.807, 2.05) is 6.92 Å². The predicted octanol–water partition coefficient (Wildman–Crippen LogP) is 3.27. The minimum atomic E-state index is -3.35. The van der Waals surface area contributed by atoms with Gasteiger partial charge in [0.25, 0.3) is 0 Å². The molecule has 0 unspecified atom stereocenters. The first-order valence-electron chi connectivity index (χ1n) is 5.20. The predicted molar refractivity (Wildman–Crippen MR) is 77.4 cm³/mol. The van der Waals surface area contributed by atoms with Gasteiger partial charge in [-0.1, -0.05) is 15.9 Å². The third-order valence-electron chi connectivity index (χ3n) is 2.98. The van der Waals surface area contributed by atoms with Crippen molar-refractivity contribution in [3.8, 4) is 0 Å². The Bertz CT molecular complexity index is 501. The molecule has 0 aliphatic heterocycles. The fourth-order valence-corrected chi connectivity index (χ4v) is 5.60. The molecule has 1 aromatic heterocycles. The molecular weight excluding hydrogens is 390 g/mol. The summed E-state index contributed by atoms with van der Waals surface area (Å²) in [5.74, 6) is 0. The average Bonchev–Trinajstić information content (AvgIpc) is 2.99. The van der Waals surface area contributed by atoms with Crippen LogP contribution < -0.4 is 4.72 Å². The highest BCUT2D eigenvalue weighted by Gasteiger charge is 2.42. The molecule has 1 heterocycles. The van der Waals surface area contributed by atoms with Gasteiger partial charge in [0.05, 0.1) is 3.79 Å². The van der Waals surface area contributed by atoms with Crippen LogP contribution in [-0.2, 0) is 10.0 Å². The molecule has 2 rings (SSSR count). The van der Waals surface area contributed by atoms with Crippen molar-refractivity contribution in [1.29, 1.82) is 0 Å². The van der Waals surface area contributed by atoms with Gasteiger partial charge in [0.2, 0.25) is 10.0 Å². The summed E-state index contributed by atoms with van der Waals surface area (Å²) in [5.41, 5.74) is 1.10. The zero-order valence-corrected chi connectivity index (χ0v) is 14.1. The van der Waals surface area contributed by atoms with Gasteiger partial charge in [-0.25, -0.2) is 13.1 Å². The van der Waals surface area contributed by atoms with E-state index in [1.165, 1.54) is 11.3 Å². The van der Waals surface area contributed by atoms with Crippen molar-refractivity contribution < 1.29 is 8.42 Å². The van der Waals surface area contributed by atoms with Crippen molar-refractivity contribution >= 4 is 53.2 Å². The Balaban J connectivity index is 2.09. The molecule has 1 aliphatic carbocycles. The van der Waals surface area contributed by atoms with E-state index in [2.05, 4.69) is 36.6 Å². The van der Waals surface area contributed by atoms with E-state index in [0.717, 1.165) is 27.5 Å². The van der Waals surface area contributed by atoms with Crippen molar-refractivity contribution in [2.75, 3.05) is 11.9 Å².